The Bertz CT molecular complexity index is 868. The molecular formula is C22H27N5. The molecule has 0 fully saturated rings. The van der Waals surface area contributed by atoms with Crippen LogP contribution in [0.4, 0.5) is 28.7 Å². The Morgan fingerprint density at radius 3 is 1.70 bits per heavy atom. The van der Waals surface area contributed by atoms with E-state index in [1.807, 2.05) is 25.1 Å². The second-order valence-corrected chi connectivity index (χ2v) is 6.52. The largest absolute Gasteiger partial charge is 0.372 e. The molecule has 140 valence electrons. The molecule has 0 saturated heterocycles. The van der Waals surface area contributed by atoms with E-state index < -0.39 is 0 Å². The van der Waals surface area contributed by atoms with Crippen LogP contribution < -0.4 is 15.5 Å². The van der Waals surface area contributed by atoms with E-state index in [1.54, 1.807) is 0 Å². The predicted molar refractivity (Wildman–Crippen MR) is 115 cm³/mol. The lowest BCUT2D eigenvalue weighted by molar-refractivity contribution is 0.866. The average molecular weight is 361 g/mol. The van der Waals surface area contributed by atoms with Crippen LogP contribution in [0.3, 0.4) is 0 Å². The minimum Gasteiger partial charge on any atom is -0.372 e. The predicted octanol–water partition coefficient (Wildman–Crippen LogP) is 5.43. The van der Waals surface area contributed by atoms with Crippen molar-refractivity contribution in [3.05, 3.63) is 66.0 Å². The highest BCUT2D eigenvalue weighted by molar-refractivity contribution is 5.65. The Hall–Kier alpha value is -3.08. The number of benzene rings is 2. The van der Waals surface area contributed by atoms with Crippen molar-refractivity contribution in [2.75, 3.05) is 28.6 Å². The Kier molecular flexibility index (Phi) is 5.91. The van der Waals surface area contributed by atoms with Crippen molar-refractivity contribution in [2.45, 2.75) is 27.7 Å². The highest BCUT2D eigenvalue weighted by atomic mass is 15.1. The topological polar surface area (TPSA) is 53.1 Å². The van der Waals surface area contributed by atoms with E-state index in [1.165, 1.54) is 11.3 Å². The van der Waals surface area contributed by atoms with E-state index in [2.05, 4.69) is 82.7 Å². The van der Waals surface area contributed by atoms with E-state index in [0.717, 1.165) is 41.9 Å². The molecule has 0 spiro atoms. The third-order valence-corrected chi connectivity index (χ3v) is 4.43. The van der Waals surface area contributed by atoms with Gasteiger partial charge in [0, 0.05) is 36.2 Å². The highest BCUT2D eigenvalue weighted by Crippen LogP contribution is 2.23. The molecule has 0 aliphatic heterocycles. The van der Waals surface area contributed by atoms with Crippen molar-refractivity contribution in [1.82, 2.24) is 9.97 Å². The first-order chi connectivity index (χ1) is 13.1. The maximum Gasteiger partial charge on any atom is 0.136 e. The number of hydrogen-bond acceptors (Lipinski definition) is 5. The van der Waals surface area contributed by atoms with Gasteiger partial charge in [-0.2, -0.15) is 0 Å². The van der Waals surface area contributed by atoms with Crippen LogP contribution in [0.2, 0.25) is 0 Å². The average Bonchev–Trinajstić information content (AvgIpc) is 2.65. The summed E-state index contributed by atoms with van der Waals surface area (Å²) in [5, 5.41) is 6.71. The van der Waals surface area contributed by atoms with Crippen molar-refractivity contribution in [2.24, 2.45) is 0 Å². The zero-order valence-electron chi connectivity index (χ0n) is 16.5. The number of nitrogens with zero attached hydrogens (tertiary/aromatic N) is 3. The molecule has 0 unspecified atom stereocenters. The fraction of sp³-hybridized carbons (Fsp3) is 0.273. The molecule has 5 nitrogen and oxygen atoms in total. The summed E-state index contributed by atoms with van der Waals surface area (Å²) in [7, 11) is 0. The number of rotatable bonds is 7. The number of aryl methyl sites for hydroxylation is 2. The van der Waals surface area contributed by atoms with Gasteiger partial charge in [0.15, 0.2) is 0 Å². The molecule has 0 radical (unpaired) electrons. The summed E-state index contributed by atoms with van der Waals surface area (Å²) >= 11 is 0. The van der Waals surface area contributed by atoms with Crippen molar-refractivity contribution in [3.63, 3.8) is 0 Å². The lowest BCUT2D eigenvalue weighted by Crippen LogP contribution is -2.21. The molecule has 5 heteroatoms. The van der Waals surface area contributed by atoms with Crippen LogP contribution in [0.25, 0.3) is 0 Å². The molecule has 3 aromatic rings. The van der Waals surface area contributed by atoms with Gasteiger partial charge in [-0.15, -0.1) is 0 Å². The van der Waals surface area contributed by atoms with Crippen LogP contribution in [0.15, 0.2) is 54.6 Å². The minimum atomic E-state index is 0.717. The van der Waals surface area contributed by atoms with E-state index >= 15 is 0 Å². The summed E-state index contributed by atoms with van der Waals surface area (Å²) in [5.74, 6) is 2.26. The fourth-order valence-corrected chi connectivity index (χ4v) is 2.97. The highest BCUT2D eigenvalue weighted by Gasteiger charge is 2.05. The summed E-state index contributed by atoms with van der Waals surface area (Å²) in [4.78, 5) is 11.3. The van der Waals surface area contributed by atoms with Crippen LogP contribution in [-0.2, 0) is 0 Å². The molecule has 0 atom stereocenters. The summed E-state index contributed by atoms with van der Waals surface area (Å²) in [6.07, 6.45) is 0. The summed E-state index contributed by atoms with van der Waals surface area (Å²) in [5.41, 5.74) is 4.47. The van der Waals surface area contributed by atoms with Gasteiger partial charge in [0.05, 0.1) is 0 Å². The van der Waals surface area contributed by atoms with E-state index in [0.29, 0.717) is 0 Å². The van der Waals surface area contributed by atoms with Crippen molar-refractivity contribution < 1.29 is 0 Å². The molecule has 0 aliphatic carbocycles. The van der Waals surface area contributed by atoms with E-state index in [4.69, 9.17) is 0 Å². The fourth-order valence-electron chi connectivity index (χ4n) is 2.97. The number of anilines is 5. The second-order valence-electron chi connectivity index (χ2n) is 6.52. The zero-order chi connectivity index (χ0) is 19.2. The molecule has 2 N–H and O–H groups in total. The number of hydrogen-bond donors (Lipinski definition) is 2. The molecule has 1 aromatic heterocycles. The summed E-state index contributed by atoms with van der Waals surface area (Å²) in [6.45, 7) is 10.3. The lowest BCUT2D eigenvalue weighted by atomic mass is 10.2. The molecule has 2 aromatic carbocycles. The number of aromatic nitrogens is 2. The zero-order valence-corrected chi connectivity index (χ0v) is 16.5. The van der Waals surface area contributed by atoms with Crippen molar-refractivity contribution in [1.29, 1.82) is 0 Å². The van der Waals surface area contributed by atoms with Gasteiger partial charge < -0.3 is 15.5 Å². The molecular weight excluding hydrogens is 334 g/mol. The smallest absolute Gasteiger partial charge is 0.136 e. The Balaban J connectivity index is 1.75. The Morgan fingerprint density at radius 1 is 0.741 bits per heavy atom. The van der Waals surface area contributed by atoms with Gasteiger partial charge in [0.2, 0.25) is 0 Å². The molecule has 0 aliphatic rings. The van der Waals surface area contributed by atoms with E-state index in [-0.39, 0.29) is 0 Å². The Labute approximate surface area is 161 Å². The quantitative estimate of drug-likeness (QED) is 0.588. The van der Waals surface area contributed by atoms with Crippen molar-refractivity contribution >= 4 is 28.7 Å². The summed E-state index contributed by atoms with van der Waals surface area (Å²) in [6, 6.07) is 18.6. The lowest BCUT2D eigenvalue weighted by Gasteiger charge is -2.21. The van der Waals surface area contributed by atoms with Gasteiger partial charge in [-0.3, -0.25) is 0 Å². The standard InChI is InChI=1S/C22H27N5/c1-5-27(6-2)20-13-11-19(12-14-20)26-22-15-21(23-17(4)24-22)25-18-9-7-16(3)8-10-18/h7-15H,5-6H2,1-4H3,(H2,23,24,25,26). The SMILES string of the molecule is CCN(CC)c1ccc(Nc2cc(Nc3ccc(C)cc3)nc(C)n2)cc1. The van der Waals surface area contributed by atoms with Crippen LogP contribution in [0.1, 0.15) is 25.2 Å². The van der Waals surface area contributed by atoms with Gasteiger partial charge in [-0.25, -0.2) is 9.97 Å². The third kappa shape index (κ3) is 4.97. The van der Waals surface area contributed by atoms with Gasteiger partial charge >= 0.3 is 0 Å². The molecule has 27 heavy (non-hydrogen) atoms. The van der Waals surface area contributed by atoms with Gasteiger partial charge in [0.1, 0.15) is 17.5 Å². The molecule has 0 saturated carbocycles. The molecule has 1 heterocycles. The molecule has 0 bridgehead atoms. The third-order valence-electron chi connectivity index (χ3n) is 4.43. The molecule has 0 amide bonds. The minimum absolute atomic E-state index is 0.717. The van der Waals surface area contributed by atoms with Gasteiger partial charge in [-0.05, 0) is 64.1 Å². The second kappa shape index (κ2) is 8.54. The van der Waals surface area contributed by atoms with Gasteiger partial charge in [-0.1, -0.05) is 17.7 Å². The van der Waals surface area contributed by atoms with E-state index in [9.17, 15) is 0 Å². The Morgan fingerprint density at radius 2 is 1.22 bits per heavy atom. The first-order valence-corrected chi connectivity index (χ1v) is 9.38. The molecule has 3 rings (SSSR count). The maximum absolute atomic E-state index is 4.50. The number of nitrogens with one attached hydrogen (secondary N) is 2. The van der Waals surface area contributed by atoms with Crippen LogP contribution in [0.5, 0.6) is 0 Å². The van der Waals surface area contributed by atoms with Gasteiger partial charge in [0.25, 0.3) is 0 Å². The summed E-state index contributed by atoms with van der Waals surface area (Å²) < 4.78 is 0. The van der Waals surface area contributed by atoms with Crippen LogP contribution in [-0.4, -0.2) is 23.1 Å². The van der Waals surface area contributed by atoms with Crippen LogP contribution in [0, 0.1) is 13.8 Å². The van der Waals surface area contributed by atoms with Crippen molar-refractivity contribution in [3.8, 4) is 0 Å². The van der Waals surface area contributed by atoms with Crippen LogP contribution >= 0.6 is 0 Å². The normalized spacial score (nSPS) is 10.5. The monoisotopic (exact) mass is 361 g/mol. The first-order valence-electron chi connectivity index (χ1n) is 9.38. The first kappa shape index (κ1) is 18.7. The maximum atomic E-state index is 4.50.